The number of hydrogen-bond acceptors (Lipinski definition) is 6. The summed E-state index contributed by atoms with van der Waals surface area (Å²) in [6.07, 6.45) is 0.573. The van der Waals surface area contributed by atoms with E-state index >= 15 is 0 Å². The van der Waals surface area contributed by atoms with Crippen LogP contribution in [0, 0.1) is 23.3 Å². The van der Waals surface area contributed by atoms with E-state index in [-0.39, 0.29) is 17.6 Å². The van der Waals surface area contributed by atoms with E-state index in [1.807, 2.05) is 0 Å². The number of aliphatic hydroxyl groups excluding tert-OH is 1. The van der Waals surface area contributed by atoms with Gasteiger partial charge in [0, 0.05) is 11.1 Å². The number of aliphatic hydroxyl groups is 1. The Balaban J connectivity index is 2.33. The summed E-state index contributed by atoms with van der Waals surface area (Å²) in [6, 6.07) is 5.83. The van der Waals surface area contributed by atoms with E-state index in [1.54, 1.807) is 0 Å². The molecule has 1 N–H and O–H groups in total. The van der Waals surface area contributed by atoms with Gasteiger partial charge in [0.05, 0.1) is 36.6 Å². The van der Waals surface area contributed by atoms with Crippen molar-refractivity contribution < 1.29 is 45.5 Å². The topological polar surface area (TPSA) is 85.2 Å². The van der Waals surface area contributed by atoms with Gasteiger partial charge in [0.2, 0.25) is 0 Å². The van der Waals surface area contributed by atoms with Crippen molar-refractivity contribution in [2.24, 2.45) is 4.99 Å². The van der Waals surface area contributed by atoms with Crippen molar-refractivity contribution in [1.82, 2.24) is 0 Å². The maximum atomic E-state index is 14.4. The van der Waals surface area contributed by atoms with Gasteiger partial charge < -0.3 is 14.6 Å². The first kappa shape index (κ1) is 26.0. The Labute approximate surface area is 187 Å². The van der Waals surface area contributed by atoms with Crippen molar-refractivity contribution in [1.29, 1.82) is 0 Å². The molecule has 178 valence electrons. The number of nitrogens with zero attached hydrogens (tertiary/aromatic N) is 1. The molecule has 0 saturated carbocycles. The number of esters is 1. The van der Waals surface area contributed by atoms with E-state index in [1.165, 1.54) is 38.3 Å². The van der Waals surface area contributed by atoms with Crippen molar-refractivity contribution >= 4 is 28.7 Å². The summed E-state index contributed by atoms with van der Waals surface area (Å²) < 4.78 is 90.5. The fraction of sp³-hybridized carbons (Fsp3) is 0.238. The predicted molar refractivity (Wildman–Crippen MR) is 110 cm³/mol. The smallest absolute Gasteiger partial charge is 0.343 e. The number of hydrogen-bond donors (Lipinski definition) is 1. The molecule has 0 saturated heterocycles. The van der Waals surface area contributed by atoms with Gasteiger partial charge in [0.1, 0.15) is 17.1 Å². The highest BCUT2D eigenvalue weighted by molar-refractivity contribution is 7.85. The van der Waals surface area contributed by atoms with Gasteiger partial charge in [-0.3, -0.25) is 9.20 Å². The summed E-state index contributed by atoms with van der Waals surface area (Å²) in [5.74, 6) is -10.3. The van der Waals surface area contributed by atoms with Crippen LogP contribution in [-0.4, -0.2) is 47.3 Å². The molecule has 0 aromatic heterocycles. The lowest BCUT2D eigenvalue weighted by atomic mass is 10.1. The summed E-state index contributed by atoms with van der Waals surface area (Å²) in [7, 11) is -0.738. The van der Waals surface area contributed by atoms with E-state index in [0.717, 1.165) is 0 Å². The molecule has 6 nitrogen and oxygen atoms in total. The first-order chi connectivity index (χ1) is 15.6. The Kier molecular flexibility index (Phi) is 9.09. The molecule has 0 bridgehead atoms. The Morgan fingerprint density at radius 2 is 1.79 bits per heavy atom. The molecular weight excluding hydrogens is 473 g/mol. The number of carbonyl (C=O) groups is 1. The lowest BCUT2D eigenvalue weighted by Gasteiger charge is -2.10. The number of benzene rings is 2. The first-order valence-electron chi connectivity index (χ1n) is 9.24. The standard InChI is InChI=1S/C21H18F5NO5S/c1-3-32-21(29)14(20(28)13-8-15(22)18(25)19(26)17(13)24)9-27-10-16(23)33(30)12-6-4-11(31-2)5-7-12/h4-9,16,28H,3,10H2,1-2H3/b20-14-,27-9?. The van der Waals surface area contributed by atoms with Crippen molar-refractivity contribution in [3.05, 3.63) is 64.7 Å². The second-order valence-corrected chi connectivity index (χ2v) is 7.79. The number of ether oxygens (including phenoxy) is 2. The Morgan fingerprint density at radius 3 is 2.36 bits per heavy atom. The monoisotopic (exact) mass is 491 g/mol. The maximum absolute atomic E-state index is 14.4. The molecule has 0 spiro atoms. The fourth-order valence-corrected chi connectivity index (χ4v) is 3.38. The molecule has 0 aliphatic carbocycles. The molecule has 0 aliphatic rings. The van der Waals surface area contributed by atoms with E-state index < -0.39 is 69.0 Å². The number of carbonyl (C=O) groups excluding carboxylic acids is 1. The maximum Gasteiger partial charge on any atom is 0.343 e. The zero-order valence-corrected chi connectivity index (χ0v) is 18.1. The molecule has 2 aromatic rings. The lowest BCUT2D eigenvalue weighted by Crippen LogP contribution is -2.15. The van der Waals surface area contributed by atoms with Gasteiger partial charge in [-0.25, -0.2) is 26.7 Å². The summed E-state index contributed by atoms with van der Waals surface area (Å²) in [4.78, 5) is 15.8. The molecular formula is C21H18F5NO5S. The van der Waals surface area contributed by atoms with Crippen molar-refractivity contribution in [3.63, 3.8) is 0 Å². The lowest BCUT2D eigenvalue weighted by molar-refractivity contribution is -0.137. The number of alkyl halides is 1. The van der Waals surface area contributed by atoms with E-state index in [0.29, 0.717) is 12.0 Å². The van der Waals surface area contributed by atoms with Gasteiger partial charge in [-0.15, -0.1) is 0 Å². The van der Waals surface area contributed by atoms with Crippen LogP contribution in [-0.2, 0) is 20.3 Å². The number of halogens is 5. The van der Waals surface area contributed by atoms with E-state index in [2.05, 4.69) is 9.73 Å². The van der Waals surface area contributed by atoms with Crippen LogP contribution in [0.4, 0.5) is 22.0 Å². The molecule has 0 fully saturated rings. The molecule has 2 aromatic carbocycles. The molecule has 2 unspecified atom stereocenters. The molecule has 33 heavy (non-hydrogen) atoms. The van der Waals surface area contributed by atoms with Crippen molar-refractivity contribution in [2.75, 3.05) is 20.3 Å². The van der Waals surface area contributed by atoms with Gasteiger partial charge in [-0.05, 0) is 37.3 Å². The minimum absolute atomic E-state index is 0.127. The van der Waals surface area contributed by atoms with E-state index in [9.17, 15) is 36.1 Å². The quantitative estimate of drug-likeness (QED) is 0.108. The third-order valence-electron chi connectivity index (χ3n) is 4.10. The fourth-order valence-electron chi connectivity index (χ4n) is 2.46. The van der Waals surface area contributed by atoms with Crippen LogP contribution in [0.1, 0.15) is 12.5 Å². The predicted octanol–water partition coefficient (Wildman–Crippen LogP) is 4.26. The zero-order chi connectivity index (χ0) is 24.7. The van der Waals surface area contributed by atoms with Crippen LogP contribution in [0.25, 0.3) is 5.76 Å². The summed E-state index contributed by atoms with van der Waals surface area (Å²) in [5.41, 5.74) is -4.11. The SMILES string of the molecule is CCOC(=O)/C(C=NCC(F)S(=O)c1ccc(OC)cc1)=C(\O)c1cc(F)c(F)c(F)c1F. The first-order valence-corrected chi connectivity index (χ1v) is 10.5. The molecule has 2 atom stereocenters. The largest absolute Gasteiger partial charge is 0.506 e. The zero-order valence-electron chi connectivity index (χ0n) is 17.3. The normalized spacial score (nSPS) is 14.0. The highest BCUT2D eigenvalue weighted by atomic mass is 32.2. The van der Waals surface area contributed by atoms with Crippen LogP contribution in [0.2, 0.25) is 0 Å². The van der Waals surface area contributed by atoms with Crippen LogP contribution in [0.3, 0.4) is 0 Å². The third kappa shape index (κ3) is 6.15. The number of aliphatic imine (C=N–C) groups is 1. The van der Waals surface area contributed by atoms with Gasteiger partial charge in [0.25, 0.3) is 0 Å². The molecule has 12 heteroatoms. The van der Waals surface area contributed by atoms with E-state index in [4.69, 9.17) is 4.74 Å². The van der Waals surface area contributed by atoms with Crippen LogP contribution in [0.5, 0.6) is 5.75 Å². The van der Waals surface area contributed by atoms with Crippen LogP contribution >= 0.6 is 0 Å². The highest BCUT2D eigenvalue weighted by Gasteiger charge is 2.25. The molecule has 2 rings (SSSR count). The van der Waals surface area contributed by atoms with Crippen LogP contribution < -0.4 is 4.74 Å². The average Bonchev–Trinajstić information content (AvgIpc) is 2.81. The minimum Gasteiger partial charge on any atom is -0.506 e. The van der Waals surface area contributed by atoms with Crippen molar-refractivity contribution in [3.8, 4) is 5.75 Å². The minimum atomic E-state index is -2.21. The Hall–Kier alpha value is -3.28. The van der Waals surface area contributed by atoms with Gasteiger partial charge >= 0.3 is 5.97 Å². The summed E-state index contributed by atoms with van der Waals surface area (Å²) >= 11 is 0. The van der Waals surface area contributed by atoms with Crippen LogP contribution in [0.15, 0.2) is 45.8 Å². The second kappa shape index (κ2) is 11.5. The molecule has 0 amide bonds. The molecule has 0 radical (unpaired) electrons. The average molecular weight is 491 g/mol. The van der Waals surface area contributed by atoms with Crippen molar-refractivity contribution in [2.45, 2.75) is 17.3 Å². The summed E-state index contributed by atoms with van der Waals surface area (Å²) in [6.45, 7) is 0.436. The van der Waals surface area contributed by atoms with Gasteiger partial charge in [-0.2, -0.15) is 0 Å². The highest BCUT2D eigenvalue weighted by Crippen LogP contribution is 2.25. The third-order valence-corrected chi connectivity index (χ3v) is 5.45. The molecule has 0 heterocycles. The summed E-state index contributed by atoms with van der Waals surface area (Å²) in [5, 5.41) is 10.2. The second-order valence-electron chi connectivity index (χ2n) is 6.21. The number of methoxy groups -OCH3 is 1. The Bertz CT molecular complexity index is 1110. The Morgan fingerprint density at radius 1 is 1.15 bits per heavy atom. The van der Waals surface area contributed by atoms with Gasteiger partial charge in [0.15, 0.2) is 28.8 Å². The van der Waals surface area contributed by atoms with Gasteiger partial charge in [-0.1, -0.05) is 0 Å². The number of rotatable bonds is 9. The molecule has 0 aliphatic heterocycles.